The van der Waals surface area contributed by atoms with Crippen LogP contribution in [0.4, 0.5) is 0 Å². The maximum atomic E-state index is 10.2. The van der Waals surface area contributed by atoms with E-state index in [1.807, 2.05) is 0 Å². The van der Waals surface area contributed by atoms with Gasteiger partial charge in [0.2, 0.25) is 4.77 Å². The Balaban J connectivity index is 0. The Hall–Kier alpha value is 1.20. The van der Waals surface area contributed by atoms with Crippen molar-refractivity contribution in [1.29, 1.82) is 0 Å². The van der Waals surface area contributed by atoms with Crippen molar-refractivity contribution in [3.8, 4) is 0 Å². The van der Waals surface area contributed by atoms with Crippen LogP contribution in [0.15, 0.2) is 0 Å². The summed E-state index contributed by atoms with van der Waals surface area (Å²) in [5, 5.41) is 8.59. The molecule has 1 N–H and O–H groups in total. The molecule has 1 rings (SSSR count). The summed E-state index contributed by atoms with van der Waals surface area (Å²) >= 11 is 4.51. The number of tetrazole rings is 1. The smallest absolute Gasteiger partial charge is 0.747 e. The first-order valence-corrected chi connectivity index (χ1v) is 4.39. The molecular weight excluding hydrogens is 238 g/mol. The molecule has 7 nitrogen and oxygen atoms in total. The number of H-pyrrole nitrogens is 1. The fourth-order valence-corrected chi connectivity index (χ4v) is 1.18. The van der Waals surface area contributed by atoms with Crippen molar-refractivity contribution in [2.24, 2.45) is 0 Å². The molecule has 0 fully saturated rings. The van der Waals surface area contributed by atoms with Gasteiger partial charge in [-0.15, -0.1) is 0 Å². The van der Waals surface area contributed by atoms with Crippen molar-refractivity contribution < 1.29 is 72.1 Å². The Morgan fingerprint density at radius 1 is 1.54 bits per heavy atom. The minimum atomic E-state index is -4.33. The first-order chi connectivity index (χ1) is 4.99. The number of rotatable bonds is 2. The second-order valence-corrected chi connectivity index (χ2v) is 3.44. The molecule has 0 amide bonds. The summed E-state index contributed by atoms with van der Waals surface area (Å²) in [6, 6.07) is 0. The second-order valence-electron chi connectivity index (χ2n) is 1.70. The molecule has 0 aromatic carbocycles. The van der Waals surface area contributed by atoms with Crippen LogP contribution in [0, 0.1) is 4.77 Å². The number of hydrogen-bond donors (Lipinski definition) is 1. The number of nitrogens with zero attached hydrogens (tertiary/aromatic N) is 3. The molecule has 1 heterocycles. The maximum Gasteiger partial charge on any atom is 1.00 e. The van der Waals surface area contributed by atoms with E-state index in [4.69, 9.17) is 0 Å². The van der Waals surface area contributed by atoms with Crippen LogP contribution in [-0.4, -0.2) is 33.2 Å². The number of aromatic nitrogens is 4. The quantitative estimate of drug-likeness (QED) is 0.313. The third-order valence-corrected chi connectivity index (χ3v) is 1.70. The van der Waals surface area contributed by atoms with E-state index in [0.717, 1.165) is 4.68 Å². The van der Waals surface area contributed by atoms with Gasteiger partial charge in [0.15, 0.2) is 0 Å². The topological polar surface area (TPSA) is 104 Å². The zero-order chi connectivity index (χ0) is 8.48. The fraction of sp³-hybridized carbons (Fsp3) is 0.500. The predicted molar refractivity (Wildman–Crippen MR) is 34.9 cm³/mol. The van der Waals surface area contributed by atoms with Crippen LogP contribution in [0.2, 0.25) is 0 Å². The molecule has 1 aromatic heterocycles. The Kier molecular flexibility index (Phi) is 8.49. The first kappa shape index (κ1) is 16.6. The summed E-state index contributed by atoms with van der Waals surface area (Å²) < 4.78 is 31.3. The summed E-state index contributed by atoms with van der Waals surface area (Å²) in [6.45, 7) is 0. The number of nitrogens with one attached hydrogen (secondary N) is 1. The normalized spacial score (nSPS) is 9.92. The van der Waals surface area contributed by atoms with Crippen molar-refractivity contribution in [3.63, 3.8) is 0 Å². The van der Waals surface area contributed by atoms with Crippen LogP contribution in [-0.2, 0) is 16.0 Å². The predicted octanol–water partition coefficient (Wildman–Crippen LogP) is -7.15. The van der Waals surface area contributed by atoms with E-state index in [1.54, 1.807) is 0 Å². The fourth-order valence-electron chi connectivity index (χ4n) is 0.458. The molecule has 0 unspecified atom stereocenters. The van der Waals surface area contributed by atoms with Crippen LogP contribution in [0.3, 0.4) is 0 Å². The van der Waals surface area contributed by atoms with Gasteiger partial charge in [0.25, 0.3) is 0 Å². The Bertz CT molecular complexity index is 396. The van der Waals surface area contributed by atoms with Gasteiger partial charge < -0.3 is 4.55 Å². The van der Waals surface area contributed by atoms with Crippen LogP contribution < -0.4 is 59.1 Å². The molecule has 11 heteroatoms. The van der Waals surface area contributed by atoms with Gasteiger partial charge in [0.1, 0.15) is 16.0 Å². The monoisotopic (exact) mass is 241 g/mol. The Morgan fingerprint density at radius 2 is 2.08 bits per heavy atom. The van der Waals surface area contributed by atoms with E-state index in [2.05, 4.69) is 27.7 Å². The standard InChI is InChI=1S/C2H4N4O3S2.2Na/c7-11(8,9)1-6-2(10)3-4-5-6;;/h1H2,(H,3,5,10)(H,7,8,9);;/q;2*+1/p-1. The van der Waals surface area contributed by atoms with Gasteiger partial charge in [-0.1, -0.05) is 10.3 Å². The number of hydrogen-bond acceptors (Lipinski definition) is 6. The first-order valence-electron chi connectivity index (χ1n) is 2.40. The van der Waals surface area contributed by atoms with E-state index in [9.17, 15) is 13.0 Å². The third-order valence-electron chi connectivity index (χ3n) is 0.819. The molecule has 0 aliphatic carbocycles. The molecule has 0 aliphatic rings. The van der Waals surface area contributed by atoms with Crippen LogP contribution in [0.5, 0.6) is 0 Å². The molecule has 0 bridgehead atoms. The van der Waals surface area contributed by atoms with Crippen molar-refractivity contribution in [1.82, 2.24) is 20.2 Å². The minimum Gasteiger partial charge on any atom is -0.747 e. The molecule has 0 radical (unpaired) electrons. The average molecular weight is 241 g/mol. The zero-order valence-electron chi connectivity index (χ0n) is 7.09. The van der Waals surface area contributed by atoms with Gasteiger partial charge in [-0.25, -0.2) is 13.1 Å². The van der Waals surface area contributed by atoms with Gasteiger partial charge in [0, 0.05) is 0 Å². The van der Waals surface area contributed by atoms with Gasteiger partial charge in [-0.3, -0.25) is 0 Å². The number of aromatic amines is 1. The van der Waals surface area contributed by atoms with Crippen molar-refractivity contribution in [2.45, 2.75) is 5.88 Å². The molecule has 62 valence electrons. The second kappa shape index (κ2) is 6.64. The summed E-state index contributed by atoms with van der Waals surface area (Å²) in [6.07, 6.45) is 0. The van der Waals surface area contributed by atoms with E-state index >= 15 is 0 Å². The van der Waals surface area contributed by atoms with Crippen molar-refractivity contribution in [3.05, 3.63) is 4.77 Å². The summed E-state index contributed by atoms with van der Waals surface area (Å²) in [5.74, 6) is -0.765. The van der Waals surface area contributed by atoms with Gasteiger partial charge in [-0.05, 0) is 12.2 Å². The molecule has 13 heavy (non-hydrogen) atoms. The van der Waals surface area contributed by atoms with Crippen LogP contribution in [0.1, 0.15) is 0 Å². The summed E-state index contributed by atoms with van der Waals surface area (Å²) in [7, 11) is -4.33. The minimum absolute atomic E-state index is 0. The largest absolute Gasteiger partial charge is 1.00 e. The van der Waals surface area contributed by atoms with Gasteiger partial charge >= 0.3 is 59.1 Å². The van der Waals surface area contributed by atoms with Crippen molar-refractivity contribution >= 4 is 22.3 Å². The molecular formula is C2H3N4Na2O3S2+. The average Bonchev–Trinajstić information content (AvgIpc) is 2.12. The Morgan fingerprint density at radius 3 is 2.38 bits per heavy atom. The van der Waals surface area contributed by atoms with Gasteiger partial charge in [0.05, 0.1) is 0 Å². The Labute approximate surface area is 124 Å². The van der Waals surface area contributed by atoms with Crippen LogP contribution in [0.25, 0.3) is 0 Å². The van der Waals surface area contributed by atoms with E-state index in [-0.39, 0.29) is 63.9 Å². The summed E-state index contributed by atoms with van der Waals surface area (Å²) in [5.41, 5.74) is 0. The van der Waals surface area contributed by atoms with Crippen molar-refractivity contribution in [2.75, 3.05) is 0 Å². The molecule has 0 atom stereocenters. The third kappa shape index (κ3) is 6.31. The zero-order valence-corrected chi connectivity index (χ0v) is 12.7. The van der Waals surface area contributed by atoms with E-state index in [0.29, 0.717) is 0 Å². The maximum absolute atomic E-state index is 10.2. The molecule has 0 saturated heterocycles. The van der Waals surface area contributed by atoms with E-state index in [1.165, 1.54) is 0 Å². The van der Waals surface area contributed by atoms with E-state index < -0.39 is 16.0 Å². The molecule has 0 saturated carbocycles. The summed E-state index contributed by atoms with van der Waals surface area (Å²) in [4.78, 5) is 0. The molecule has 0 aliphatic heterocycles. The molecule has 0 spiro atoms. The SMILES string of the molecule is O=S(=O)([O-])Cn1[nH]nnc1=S.[Na+].[Na+]. The van der Waals surface area contributed by atoms with Gasteiger partial charge in [-0.2, -0.15) is 5.21 Å². The van der Waals surface area contributed by atoms with Crippen LogP contribution >= 0.6 is 12.2 Å². The molecule has 1 aromatic rings.